The molecule has 180 valence electrons. The molecular weight excluding hydrogens is 432 g/mol. The lowest BCUT2D eigenvalue weighted by molar-refractivity contribution is -0.148. The van der Waals surface area contributed by atoms with Crippen molar-refractivity contribution >= 4 is 18.0 Å². The van der Waals surface area contributed by atoms with E-state index in [0.717, 1.165) is 22.3 Å². The molecule has 0 spiro atoms. The molecule has 2 N–H and O–H groups in total. The summed E-state index contributed by atoms with van der Waals surface area (Å²) in [4.78, 5) is 37.4. The van der Waals surface area contributed by atoms with Crippen LogP contribution in [0.5, 0.6) is 0 Å². The van der Waals surface area contributed by atoms with Gasteiger partial charge in [0, 0.05) is 25.6 Å². The van der Waals surface area contributed by atoms with Crippen molar-refractivity contribution in [1.29, 1.82) is 0 Å². The van der Waals surface area contributed by atoms with E-state index in [1.807, 2.05) is 45.0 Å². The second-order valence-corrected chi connectivity index (χ2v) is 9.68. The SMILES string of the molecule is CN(C(=O)/C=C/CNC(=O)OCC1c2ccccc2-c2ccccc21)C(CC(C)(C)C)C(=O)O. The normalized spacial score (nSPS) is 13.8. The van der Waals surface area contributed by atoms with Crippen LogP contribution in [0.4, 0.5) is 4.79 Å². The van der Waals surface area contributed by atoms with E-state index in [1.165, 1.54) is 24.1 Å². The van der Waals surface area contributed by atoms with E-state index in [2.05, 4.69) is 29.6 Å². The summed E-state index contributed by atoms with van der Waals surface area (Å²) >= 11 is 0. The van der Waals surface area contributed by atoms with Crippen molar-refractivity contribution in [3.8, 4) is 11.1 Å². The van der Waals surface area contributed by atoms with E-state index in [4.69, 9.17) is 4.74 Å². The van der Waals surface area contributed by atoms with Crippen LogP contribution in [0.15, 0.2) is 60.7 Å². The highest BCUT2D eigenvalue weighted by Gasteiger charge is 2.30. The number of alkyl carbamates (subject to hydrolysis) is 1. The molecule has 0 saturated carbocycles. The molecule has 3 rings (SSSR count). The number of fused-ring (bicyclic) bond motifs is 3. The Kier molecular flexibility index (Phi) is 7.76. The van der Waals surface area contributed by atoms with Crippen LogP contribution in [0.25, 0.3) is 11.1 Å². The molecule has 2 aromatic carbocycles. The van der Waals surface area contributed by atoms with Crippen LogP contribution in [0.3, 0.4) is 0 Å². The number of amides is 2. The monoisotopic (exact) mass is 464 g/mol. The van der Waals surface area contributed by atoms with Crippen LogP contribution in [-0.2, 0) is 14.3 Å². The highest BCUT2D eigenvalue weighted by atomic mass is 16.5. The number of carbonyl (C=O) groups excluding carboxylic acids is 2. The number of hydrogen-bond donors (Lipinski definition) is 2. The Morgan fingerprint density at radius 2 is 1.62 bits per heavy atom. The Morgan fingerprint density at radius 1 is 1.06 bits per heavy atom. The van der Waals surface area contributed by atoms with Crippen molar-refractivity contribution in [2.24, 2.45) is 5.41 Å². The molecule has 1 aliphatic carbocycles. The number of aliphatic carboxylic acids is 1. The van der Waals surface area contributed by atoms with Gasteiger partial charge < -0.3 is 20.1 Å². The van der Waals surface area contributed by atoms with Gasteiger partial charge in [-0.3, -0.25) is 4.79 Å². The average molecular weight is 465 g/mol. The van der Waals surface area contributed by atoms with Gasteiger partial charge >= 0.3 is 12.1 Å². The molecule has 0 aliphatic heterocycles. The van der Waals surface area contributed by atoms with Crippen LogP contribution in [-0.4, -0.2) is 54.2 Å². The van der Waals surface area contributed by atoms with Gasteiger partial charge in [-0.2, -0.15) is 0 Å². The number of likely N-dealkylation sites (N-methyl/N-ethyl adjacent to an activating group) is 1. The number of carbonyl (C=O) groups is 3. The number of rotatable bonds is 8. The van der Waals surface area contributed by atoms with Gasteiger partial charge in [0.1, 0.15) is 12.6 Å². The van der Waals surface area contributed by atoms with Gasteiger partial charge in [-0.15, -0.1) is 0 Å². The van der Waals surface area contributed by atoms with Gasteiger partial charge in [-0.05, 0) is 34.1 Å². The van der Waals surface area contributed by atoms with Crippen molar-refractivity contribution in [2.45, 2.75) is 39.2 Å². The van der Waals surface area contributed by atoms with Crippen LogP contribution >= 0.6 is 0 Å². The molecule has 0 radical (unpaired) electrons. The van der Waals surface area contributed by atoms with Crippen molar-refractivity contribution in [2.75, 3.05) is 20.2 Å². The van der Waals surface area contributed by atoms with Crippen molar-refractivity contribution in [1.82, 2.24) is 10.2 Å². The van der Waals surface area contributed by atoms with Gasteiger partial charge in [0.2, 0.25) is 5.91 Å². The summed E-state index contributed by atoms with van der Waals surface area (Å²) in [6.45, 7) is 6.08. The van der Waals surface area contributed by atoms with E-state index in [9.17, 15) is 19.5 Å². The molecule has 1 aliphatic rings. The van der Waals surface area contributed by atoms with Gasteiger partial charge in [-0.25, -0.2) is 9.59 Å². The highest BCUT2D eigenvalue weighted by Crippen LogP contribution is 2.44. The lowest BCUT2D eigenvalue weighted by atomic mass is 9.87. The van der Waals surface area contributed by atoms with Crippen LogP contribution in [0.2, 0.25) is 0 Å². The Hall–Kier alpha value is -3.61. The van der Waals surface area contributed by atoms with Crippen molar-refractivity contribution < 1.29 is 24.2 Å². The topological polar surface area (TPSA) is 95.9 Å². The number of carboxylic acids is 1. The van der Waals surface area contributed by atoms with Gasteiger partial charge in [0.25, 0.3) is 0 Å². The first-order valence-electron chi connectivity index (χ1n) is 11.3. The summed E-state index contributed by atoms with van der Waals surface area (Å²) < 4.78 is 5.46. The summed E-state index contributed by atoms with van der Waals surface area (Å²) in [5.74, 6) is -1.51. The van der Waals surface area contributed by atoms with E-state index < -0.39 is 24.0 Å². The molecule has 2 amide bonds. The highest BCUT2D eigenvalue weighted by molar-refractivity contribution is 5.91. The molecule has 1 atom stereocenters. The van der Waals surface area contributed by atoms with Crippen LogP contribution in [0.1, 0.15) is 44.2 Å². The minimum absolute atomic E-state index is 0.0281. The molecule has 0 bridgehead atoms. The van der Waals surface area contributed by atoms with Crippen molar-refractivity contribution in [3.63, 3.8) is 0 Å². The zero-order chi connectivity index (χ0) is 24.9. The minimum atomic E-state index is -1.05. The second kappa shape index (κ2) is 10.5. The zero-order valence-corrected chi connectivity index (χ0v) is 20.1. The fraction of sp³-hybridized carbons (Fsp3) is 0.370. The Morgan fingerprint density at radius 3 is 2.15 bits per heavy atom. The Balaban J connectivity index is 1.50. The zero-order valence-electron chi connectivity index (χ0n) is 20.1. The summed E-state index contributed by atoms with van der Waals surface area (Å²) in [6.07, 6.45) is 2.50. The lowest BCUT2D eigenvalue weighted by Crippen LogP contribution is -2.43. The molecule has 0 heterocycles. The largest absolute Gasteiger partial charge is 0.480 e. The standard InChI is InChI=1S/C27H32N2O5/c1-27(2,3)16-23(25(31)32)29(4)24(30)14-9-15-28-26(33)34-17-22-20-12-7-5-10-18(20)19-11-6-8-13-21(19)22/h5-14,22-23H,15-17H2,1-4H3,(H,28,33)(H,31,32)/b14-9+. The quantitative estimate of drug-likeness (QED) is 0.564. The summed E-state index contributed by atoms with van der Waals surface area (Å²) in [7, 11) is 1.47. The van der Waals surface area contributed by atoms with Gasteiger partial charge in [0.15, 0.2) is 0 Å². The van der Waals surface area contributed by atoms with Crippen molar-refractivity contribution in [3.05, 3.63) is 71.8 Å². The summed E-state index contributed by atoms with van der Waals surface area (Å²) in [5, 5.41) is 12.1. The summed E-state index contributed by atoms with van der Waals surface area (Å²) in [5.41, 5.74) is 4.33. The number of nitrogens with zero attached hydrogens (tertiary/aromatic N) is 1. The first-order valence-corrected chi connectivity index (χ1v) is 11.3. The third kappa shape index (κ3) is 6.04. The molecule has 0 saturated heterocycles. The van der Waals surface area contributed by atoms with E-state index in [0.29, 0.717) is 6.42 Å². The number of hydrogen-bond acceptors (Lipinski definition) is 4. The number of carboxylic acid groups (broad SMARTS) is 1. The Bertz CT molecular complexity index is 1040. The molecule has 1 unspecified atom stereocenters. The van der Waals surface area contributed by atoms with E-state index >= 15 is 0 Å². The Labute approximate surface area is 200 Å². The molecule has 7 heteroatoms. The van der Waals surface area contributed by atoms with Gasteiger partial charge in [0.05, 0.1) is 0 Å². The molecule has 34 heavy (non-hydrogen) atoms. The molecular formula is C27H32N2O5. The first kappa shape index (κ1) is 25.0. The number of ether oxygens (including phenoxy) is 1. The fourth-order valence-corrected chi connectivity index (χ4v) is 4.19. The average Bonchev–Trinajstić information content (AvgIpc) is 3.11. The maximum Gasteiger partial charge on any atom is 0.407 e. The molecule has 0 fully saturated rings. The number of benzene rings is 2. The lowest BCUT2D eigenvalue weighted by Gasteiger charge is -2.29. The minimum Gasteiger partial charge on any atom is -0.480 e. The third-order valence-corrected chi connectivity index (χ3v) is 5.87. The summed E-state index contributed by atoms with van der Waals surface area (Å²) in [6, 6.07) is 15.3. The van der Waals surface area contributed by atoms with E-state index in [-0.39, 0.29) is 24.5 Å². The molecule has 7 nitrogen and oxygen atoms in total. The first-order chi connectivity index (χ1) is 16.1. The third-order valence-electron chi connectivity index (χ3n) is 5.87. The van der Waals surface area contributed by atoms with E-state index in [1.54, 1.807) is 0 Å². The maximum absolute atomic E-state index is 12.4. The predicted molar refractivity (Wildman–Crippen MR) is 130 cm³/mol. The predicted octanol–water partition coefficient (Wildman–Crippen LogP) is 4.43. The molecule has 2 aromatic rings. The smallest absolute Gasteiger partial charge is 0.407 e. The van der Waals surface area contributed by atoms with Crippen LogP contribution < -0.4 is 5.32 Å². The molecule has 0 aromatic heterocycles. The second-order valence-electron chi connectivity index (χ2n) is 9.68. The van der Waals surface area contributed by atoms with Crippen LogP contribution in [0, 0.1) is 5.41 Å². The maximum atomic E-state index is 12.4. The fourth-order valence-electron chi connectivity index (χ4n) is 4.19. The number of nitrogens with one attached hydrogen (secondary N) is 1. The van der Waals surface area contributed by atoms with Gasteiger partial charge in [-0.1, -0.05) is 75.4 Å².